The molecule has 1 N–H and O–H groups in total. The highest BCUT2D eigenvalue weighted by molar-refractivity contribution is 9.10. The molecule has 0 heterocycles. The highest BCUT2D eigenvalue weighted by Gasteiger charge is 2.25. The summed E-state index contributed by atoms with van der Waals surface area (Å²) in [6, 6.07) is 6.25. The molecular weight excluding hydrogens is 345 g/mol. The van der Waals surface area contributed by atoms with Crippen molar-refractivity contribution in [1.29, 1.82) is 0 Å². The van der Waals surface area contributed by atoms with Crippen molar-refractivity contribution in [2.75, 3.05) is 6.66 Å². The van der Waals surface area contributed by atoms with Crippen LogP contribution < -0.4 is 9.61 Å². The van der Waals surface area contributed by atoms with E-state index in [1.807, 2.05) is 0 Å². The lowest BCUT2D eigenvalue weighted by Gasteiger charge is -2.21. The molecule has 1 aromatic carbocycles. The van der Waals surface area contributed by atoms with Crippen LogP contribution in [0.5, 0.6) is 5.75 Å². The van der Waals surface area contributed by atoms with E-state index in [9.17, 15) is 9.36 Å². The summed E-state index contributed by atoms with van der Waals surface area (Å²) in [4.78, 5) is 11.7. The molecule has 2 atom stereocenters. The van der Waals surface area contributed by atoms with E-state index in [4.69, 9.17) is 9.26 Å². The van der Waals surface area contributed by atoms with E-state index >= 15 is 0 Å². The van der Waals surface area contributed by atoms with Crippen LogP contribution in [0.25, 0.3) is 0 Å². The summed E-state index contributed by atoms with van der Waals surface area (Å²) < 4.78 is 23.7. The first-order chi connectivity index (χ1) is 9.19. The Bertz CT molecular complexity index is 504. The van der Waals surface area contributed by atoms with Crippen LogP contribution in [0.1, 0.15) is 20.8 Å². The molecule has 112 valence electrons. The van der Waals surface area contributed by atoms with E-state index in [-0.39, 0.29) is 6.10 Å². The largest absolute Gasteiger partial charge is 0.462 e. The van der Waals surface area contributed by atoms with Crippen LogP contribution in [0.4, 0.5) is 0 Å². The number of nitrogens with one attached hydrogen (secondary N) is 1. The molecular formula is C13H19BrNO4P. The number of esters is 1. The molecule has 0 aliphatic carbocycles. The summed E-state index contributed by atoms with van der Waals surface area (Å²) >= 11 is 3.31. The molecule has 0 aromatic heterocycles. The lowest BCUT2D eigenvalue weighted by Crippen LogP contribution is -2.35. The van der Waals surface area contributed by atoms with Crippen LogP contribution in [0.3, 0.4) is 0 Å². The fourth-order valence-electron chi connectivity index (χ4n) is 1.46. The van der Waals surface area contributed by atoms with Gasteiger partial charge in [-0.1, -0.05) is 15.9 Å². The summed E-state index contributed by atoms with van der Waals surface area (Å²) in [5, 5.41) is 2.67. The van der Waals surface area contributed by atoms with Crippen molar-refractivity contribution in [1.82, 2.24) is 5.09 Å². The topological polar surface area (TPSA) is 64.6 Å². The first-order valence-corrected chi connectivity index (χ1v) is 9.07. The molecule has 0 amide bonds. The Balaban J connectivity index is 2.62. The molecule has 0 aliphatic heterocycles. The minimum atomic E-state index is -3.15. The first-order valence-electron chi connectivity index (χ1n) is 6.20. The Kier molecular flexibility index (Phi) is 6.24. The number of benzene rings is 1. The minimum absolute atomic E-state index is 0.213. The standard InChI is InChI=1S/C13H19BrNO4P/c1-9(2)18-13(16)10(3)15-20(4,17)19-12-7-5-11(14)6-8-12/h5-10H,1-4H3,(H,15,17)/t10-,20?/m0/s1. The quantitative estimate of drug-likeness (QED) is 0.618. The summed E-state index contributed by atoms with van der Waals surface area (Å²) in [5.41, 5.74) is 0. The van der Waals surface area contributed by atoms with Crippen molar-refractivity contribution < 1.29 is 18.6 Å². The molecule has 1 rings (SSSR count). The van der Waals surface area contributed by atoms with Gasteiger partial charge in [0.15, 0.2) is 0 Å². The number of carbonyl (C=O) groups is 1. The minimum Gasteiger partial charge on any atom is -0.462 e. The summed E-state index contributed by atoms with van der Waals surface area (Å²) in [5.74, 6) is 0.0115. The van der Waals surface area contributed by atoms with Crippen molar-refractivity contribution >= 4 is 29.4 Å². The molecule has 5 nitrogen and oxygen atoms in total. The third-order valence-electron chi connectivity index (χ3n) is 2.23. The van der Waals surface area contributed by atoms with E-state index in [1.54, 1.807) is 45.0 Å². The molecule has 1 aromatic rings. The number of carbonyl (C=O) groups excluding carboxylic acids is 1. The number of ether oxygens (including phenoxy) is 1. The zero-order valence-corrected chi connectivity index (χ0v) is 14.4. The van der Waals surface area contributed by atoms with Gasteiger partial charge >= 0.3 is 13.5 Å². The van der Waals surface area contributed by atoms with E-state index in [1.165, 1.54) is 6.66 Å². The van der Waals surface area contributed by atoms with Gasteiger partial charge in [0, 0.05) is 11.1 Å². The maximum atomic E-state index is 12.3. The highest BCUT2D eigenvalue weighted by atomic mass is 79.9. The van der Waals surface area contributed by atoms with Gasteiger partial charge < -0.3 is 9.26 Å². The average Bonchev–Trinajstić information content (AvgIpc) is 2.30. The molecule has 7 heteroatoms. The molecule has 20 heavy (non-hydrogen) atoms. The Labute approximate surface area is 127 Å². The van der Waals surface area contributed by atoms with Crippen molar-refractivity contribution in [3.8, 4) is 5.75 Å². The number of hydrogen-bond acceptors (Lipinski definition) is 4. The lowest BCUT2D eigenvalue weighted by molar-refractivity contribution is -0.149. The van der Waals surface area contributed by atoms with Gasteiger partial charge in [-0.15, -0.1) is 0 Å². The molecule has 1 unspecified atom stereocenters. The van der Waals surface area contributed by atoms with E-state index in [0.29, 0.717) is 5.75 Å². The van der Waals surface area contributed by atoms with Crippen LogP contribution >= 0.6 is 23.4 Å². The molecule has 0 radical (unpaired) electrons. The molecule has 0 bridgehead atoms. The second kappa shape index (κ2) is 7.25. The molecule has 0 fully saturated rings. The Morgan fingerprint density at radius 1 is 1.25 bits per heavy atom. The third kappa shape index (κ3) is 6.07. The zero-order chi connectivity index (χ0) is 15.3. The van der Waals surface area contributed by atoms with Gasteiger partial charge in [0.05, 0.1) is 6.10 Å². The van der Waals surface area contributed by atoms with E-state index in [0.717, 1.165) is 4.47 Å². The molecule has 0 aliphatic rings. The van der Waals surface area contributed by atoms with Gasteiger partial charge in [0.2, 0.25) is 0 Å². The van der Waals surface area contributed by atoms with Crippen molar-refractivity contribution in [3.05, 3.63) is 28.7 Å². The normalized spacial score (nSPS) is 15.5. The fourth-order valence-corrected chi connectivity index (χ4v) is 3.11. The predicted molar refractivity (Wildman–Crippen MR) is 82.1 cm³/mol. The lowest BCUT2D eigenvalue weighted by atomic mass is 10.3. The number of hydrogen-bond donors (Lipinski definition) is 1. The number of halogens is 1. The monoisotopic (exact) mass is 363 g/mol. The van der Waals surface area contributed by atoms with Crippen molar-refractivity contribution in [2.24, 2.45) is 0 Å². The Hall–Kier alpha value is -0.840. The zero-order valence-electron chi connectivity index (χ0n) is 11.9. The van der Waals surface area contributed by atoms with Crippen LogP contribution in [0.2, 0.25) is 0 Å². The van der Waals surface area contributed by atoms with E-state index in [2.05, 4.69) is 21.0 Å². The van der Waals surface area contributed by atoms with Gasteiger partial charge in [-0.2, -0.15) is 0 Å². The average molecular weight is 364 g/mol. The second-order valence-electron chi connectivity index (χ2n) is 4.73. The first kappa shape index (κ1) is 17.2. The van der Waals surface area contributed by atoms with Gasteiger partial charge in [0.1, 0.15) is 11.8 Å². The third-order valence-corrected chi connectivity index (χ3v) is 4.17. The van der Waals surface area contributed by atoms with Crippen LogP contribution in [0, 0.1) is 0 Å². The molecule has 0 saturated heterocycles. The van der Waals surface area contributed by atoms with Gasteiger partial charge in [-0.3, -0.25) is 9.36 Å². The SMILES string of the molecule is CC(C)OC(=O)[C@H](C)NP(C)(=O)Oc1ccc(Br)cc1. The van der Waals surface area contributed by atoms with Gasteiger partial charge in [-0.25, -0.2) is 5.09 Å². The van der Waals surface area contributed by atoms with Gasteiger partial charge in [0.25, 0.3) is 0 Å². The highest BCUT2D eigenvalue weighted by Crippen LogP contribution is 2.39. The second-order valence-corrected chi connectivity index (χ2v) is 7.78. The van der Waals surface area contributed by atoms with Crippen LogP contribution in [-0.2, 0) is 14.1 Å². The summed E-state index contributed by atoms with van der Waals surface area (Å²) in [7, 11) is -3.15. The Morgan fingerprint density at radius 3 is 2.30 bits per heavy atom. The molecule has 0 saturated carbocycles. The smallest absolute Gasteiger partial charge is 0.323 e. The molecule has 0 spiro atoms. The summed E-state index contributed by atoms with van der Waals surface area (Å²) in [6.45, 7) is 6.53. The number of rotatable bonds is 6. The van der Waals surface area contributed by atoms with Crippen molar-refractivity contribution in [2.45, 2.75) is 32.9 Å². The maximum absolute atomic E-state index is 12.3. The van der Waals surface area contributed by atoms with Crippen molar-refractivity contribution in [3.63, 3.8) is 0 Å². The van der Waals surface area contributed by atoms with E-state index < -0.39 is 19.5 Å². The predicted octanol–water partition coefficient (Wildman–Crippen LogP) is 3.58. The van der Waals surface area contributed by atoms with Crippen LogP contribution in [-0.4, -0.2) is 24.8 Å². The fraction of sp³-hybridized carbons (Fsp3) is 0.462. The maximum Gasteiger partial charge on any atom is 0.323 e. The van der Waals surface area contributed by atoms with Crippen LogP contribution in [0.15, 0.2) is 28.7 Å². The summed E-state index contributed by atoms with van der Waals surface area (Å²) in [6.07, 6.45) is -0.213. The Morgan fingerprint density at radius 2 is 1.80 bits per heavy atom. The van der Waals surface area contributed by atoms with Gasteiger partial charge in [-0.05, 0) is 45.0 Å².